The minimum atomic E-state index is -4.75. The second-order valence-corrected chi connectivity index (χ2v) is 13.0. The molecule has 3 aromatic carbocycles. The molecule has 0 saturated carbocycles. The van der Waals surface area contributed by atoms with Crippen molar-refractivity contribution >= 4 is 27.5 Å². The van der Waals surface area contributed by atoms with Gasteiger partial charge in [-0.05, 0) is 82.6 Å². The summed E-state index contributed by atoms with van der Waals surface area (Å²) in [6, 6.07) is 15.2. The predicted molar refractivity (Wildman–Crippen MR) is 158 cm³/mol. The zero-order valence-corrected chi connectivity index (χ0v) is 25.7. The monoisotopic (exact) mass is 619 g/mol. The Labute approximate surface area is 250 Å². The number of anilines is 1. The lowest BCUT2D eigenvalue weighted by molar-refractivity contribution is -0.140. The summed E-state index contributed by atoms with van der Waals surface area (Å²) in [5.41, 5.74) is -0.696. The first-order valence-corrected chi connectivity index (χ1v) is 14.9. The number of carbonyl (C=O) groups is 2. The zero-order chi connectivity index (χ0) is 32.2. The molecular formula is C31H36F3N3O5S. The average Bonchev–Trinajstić information content (AvgIpc) is 2.93. The van der Waals surface area contributed by atoms with Gasteiger partial charge in [-0.15, -0.1) is 0 Å². The van der Waals surface area contributed by atoms with Crippen LogP contribution in [0.3, 0.4) is 0 Å². The zero-order valence-electron chi connectivity index (χ0n) is 24.9. The number of nitrogens with zero attached hydrogens (tertiary/aromatic N) is 2. The van der Waals surface area contributed by atoms with Crippen molar-refractivity contribution in [3.63, 3.8) is 0 Å². The maximum Gasteiger partial charge on any atom is 0.416 e. The van der Waals surface area contributed by atoms with E-state index in [1.807, 2.05) is 0 Å². The van der Waals surface area contributed by atoms with Gasteiger partial charge in [-0.25, -0.2) is 8.42 Å². The number of rotatable bonds is 10. The first-order valence-electron chi connectivity index (χ1n) is 13.4. The largest absolute Gasteiger partial charge is 0.497 e. The van der Waals surface area contributed by atoms with Crippen molar-refractivity contribution in [2.75, 3.05) is 18.0 Å². The molecule has 1 N–H and O–H groups in total. The number of carbonyl (C=O) groups excluding carboxylic acids is 2. The van der Waals surface area contributed by atoms with Crippen molar-refractivity contribution in [1.82, 2.24) is 10.2 Å². The van der Waals surface area contributed by atoms with Crippen molar-refractivity contribution in [1.29, 1.82) is 0 Å². The smallest absolute Gasteiger partial charge is 0.416 e. The first kappa shape index (κ1) is 33.4. The molecule has 1 atom stereocenters. The van der Waals surface area contributed by atoms with Crippen molar-refractivity contribution in [3.8, 4) is 5.75 Å². The number of aryl methyl sites for hydroxylation is 1. The molecule has 232 valence electrons. The van der Waals surface area contributed by atoms with E-state index in [4.69, 9.17) is 4.74 Å². The summed E-state index contributed by atoms with van der Waals surface area (Å²) in [6.45, 7) is 7.61. The second kappa shape index (κ2) is 13.1. The van der Waals surface area contributed by atoms with Crippen LogP contribution in [-0.4, -0.2) is 50.4 Å². The Bertz CT molecular complexity index is 1550. The highest BCUT2D eigenvalue weighted by molar-refractivity contribution is 7.92. The van der Waals surface area contributed by atoms with Gasteiger partial charge in [-0.3, -0.25) is 13.9 Å². The Morgan fingerprint density at radius 3 is 2.16 bits per heavy atom. The van der Waals surface area contributed by atoms with Gasteiger partial charge in [0.25, 0.3) is 10.0 Å². The lowest BCUT2D eigenvalue weighted by Gasteiger charge is -2.33. The lowest BCUT2D eigenvalue weighted by atomic mass is 10.1. The third-order valence-corrected chi connectivity index (χ3v) is 8.29. The molecule has 0 radical (unpaired) electrons. The minimum Gasteiger partial charge on any atom is -0.497 e. The molecular weight excluding hydrogens is 583 g/mol. The van der Waals surface area contributed by atoms with Crippen LogP contribution >= 0.6 is 0 Å². The first-order chi connectivity index (χ1) is 19.9. The highest BCUT2D eigenvalue weighted by Gasteiger charge is 2.35. The number of sulfonamides is 1. The lowest BCUT2D eigenvalue weighted by Crippen LogP contribution is -2.54. The van der Waals surface area contributed by atoms with Crippen molar-refractivity contribution in [3.05, 3.63) is 89.5 Å². The van der Waals surface area contributed by atoms with E-state index in [0.717, 1.165) is 17.7 Å². The Morgan fingerprint density at radius 2 is 1.58 bits per heavy atom. The van der Waals surface area contributed by atoms with Gasteiger partial charge in [-0.2, -0.15) is 13.2 Å². The Hall–Kier alpha value is -4.06. The van der Waals surface area contributed by atoms with Gasteiger partial charge in [0.05, 0.1) is 23.3 Å². The topological polar surface area (TPSA) is 96.0 Å². The summed E-state index contributed by atoms with van der Waals surface area (Å²) in [4.78, 5) is 28.2. The molecule has 8 nitrogen and oxygen atoms in total. The van der Waals surface area contributed by atoms with E-state index in [2.05, 4.69) is 5.32 Å². The Balaban J connectivity index is 2.11. The third kappa shape index (κ3) is 8.73. The molecule has 0 spiro atoms. The van der Waals surface area contributed by atoms with Crippen LogP contribution in [0.5, 0.6) is 5.75 Å². The number of benzene rings is 3. The molecule has 0 aliphatic carbocycles. The van der Waals surface area contributed by atoms with Gasteiger partial charge in [-0.1, -0.05) is 35.9 Å². The normalized spacial score (nSPS) is 12.8. The molecule has 0 aromatic heterocycles. The van der Waals surface area contributed by atoms with Gasteiger partial charge in [0.15, 0.2) is 0 Å². The van der Waals surface area contributed by atoms with Crippen LogP contribution in [0.4, 0.5) is 18.9 Å². The number of ether oxygens (including phenoxy) is 1. The maximum absolute atomic E-state index is 14.0. The third-order valence-electron chi connectivity index (χ3n) is 6.50. The molecule has 2 amide bonds. The SMILES string of the molecule is COc1cccc(CN(C(=O)CN(c2cccc(C(F)(F)F)c2)S(=O)(=O)c2ccc(C)cc2)[C@@H](C)C(=O)NC(C)(C)C)c1. The van der Waals surface area contributed by atoms with Gasteiger partial charge < -0.3 is 15.0 Å². The van der Waals surface area contributed by atoms with Crippen LogP contribution in [0.2, 0.25) is 0 Å². The number of alkyl halides is 3. The summed E-state index contributed by atoms with van der Waals surface area (Å²) >= 11 is 0. The summed E-state index contributed by atoms with van der Waals surface area (Å²) < 4.78 is 74.5. The van der Waals surface area contributed by atoms with Crippen molar-refractivity contribution in [2.24, 2.45) is 0 Å². The van der Waals surface area contributed by atoms with Crippen LogP contribution in [-0.2, 0) is 32.3 Å². The summed E-state index contributed by atoms with van der Waals surface area (Å²) in [5.74, 6) is -0.785. The molecule has 3 rings (SSSR count). The van der Waals surface area contributed by atoms with E-state index in [1.54, 1.807) is 64.1 Å². The Morgan fingerprint density at radius 1 is 0.953 bits per heavy atom. The molecule has 0 aliphatic heterocycles. The predicted octanol–water partition coefficient (Wildman–Crippen LogP) is 5.55. The number of amides is 2. The summed E-state index contributed by atoms with van der Waals surface area (Å²) in [7, 11) is -3.05. The molecule has 0 saturated heterocycles. The maximum atomic E-state index is 14.0. The van der Waals surface area contributed by atoms with E-state index in [-0.39, 0.29) is 17.1 Å². The van der Waals surface area contributed by atoms with E-state index in [9.17, 15) is 31.2 Å². The molecule has 0 aliphatic rings. The highest BCUT2D eigenvalue weighted by atomic mass is 32.2. The van der Waals surface area contributed by atoms with Gasteiger partial charge in [0, 0.05) is 12.1 Å². The van der Waals surface area contributed by atoms with E-state index in [0.29, 0.717) is 21.7 Å². The minimum absolute atomic E-state index is 0.101. The standard InChI is InChI=1S/C31H36F3N3O5S/c1-21-13-15-27(16-14-21)43(40,41)37(25-11-8-10-24(18-25)31(32,33)34)20-28(38)36(22(2)29(39)35-30(3,4)5)19-23-9-7-12-26(17-23)42-6/h7-18,22H,19-20H2,1-6H3,(H,35,39)/t22-/m0/s1. The van der Waals surface area contributed by atoms with Crippen LogP contribution in [0.25, 0.3) is 0 Å². The van der Waals surface area contributed by atoms with Gasteiger partial charge in [0.1, 0.15) is 18.3 Å². The molecule has 3 aromatic rings. The van der Waals surface area contributed by atoms with Crippen LogP contribution in [0, 0.1) is 6.92 Å². The second-order valence-electron chi connectivity index (χ2n) is 11.2. The fraction of sp³-hybridized carbons (Fsp3) is 0.355. The highest BCUT2D eigenvalue weighted by Crippen LogP contribution is 2.33. The average molecular weight is 620 g/mol. The molecule has 0 unspecified atom stereocenters. The van der Waals surface area contributed by atoms with E-state index in [1.165, 1.54) is 37.1 Å². The van der Waals surface area contributed by atoms with Gasteiger partial charge >= 0.3 is 6.18 Å². The number of halogens is 3. The number of hydrogen-bond acceptors (Lipinski definition) is 5. The molecule has 12 heteroatoms. The molecule has 0 bridgehead atoms. The molecule has 0 heterocycles. The van der Waals surface area contributed by atoms with Crippen LogP contribution < -0.4 is 14.4 Å². The Kier molecular flexibility index (Phi) is 10.2. The quantitative estimate of drug-likeness (QED) is 0.321. The van der Waals surface area contributed by atoms with E-state index >= 15 is 0 Å². The van der Waals surface area contributed by atoms with E-state index < -0.39 is 51.7 Å². The molecule has 43 heavy (non-hydrogen) atoms. The van der Waals surface area contributed by atoms with Crippen molar-refractivity contribution in [2.45, 2.75) is 63.8 Å². The number of nitrogens with one attached hydrogen (secondary N) is 1. The summed E-state index contributed by atoms with van der Waals surface area (Å²) in [6.07, 6.45) is -4.75. The number of methoxy groups -OCH3 is 1. The van der Waals surface area contributed by atoms with Gasteiger partial charge in [0.2, 0.25) is 11.8 Å². The fourth-order valence-electron chi connectivity index (χ4n) is 4.23. The number of hydrogen-bond donors (Lipinski definition) is 1. The fourth-order valence-corrected chi connectivity index (χ4v) is 5.63. The van der Waals surface area contributed by atoms with Crippen molar-refractivity contribution < 1.29 is 35.9 Å². The summed E-state index contributed by atoms with van der Waals surface area (Å²) in [5, 5.41) is 2.82. The molecule has 0 fully saturated rings. The van der Waals surface area contributed by atoms with Crippen LogP contribution in [0.15, 0.2) is 77.7 Å². The van der Waals surface area contributed by atoms with Crippen LogP contribution in [0.1, 0.15) is 44.4 Å².